The second kappa shape index (κ2) is 7.29. The number of anilines is 2. The van der Waals surface area contributed by atoms with Crippen molar-refractivity contribution in [2.45, 2.75) is 12.8 Å². The van der Waals surface area contributed by atoms with E-state index in [4.69, 9.17) is 28.9 Å². The molecule has 0 fully saturated rings. The molecule has 0 heterocycles. The van der Waals surface area contributed by atoms with Crippen molar-refractivity contribution in [3.63, 3.8) is 0 Å². The lowest BCUT2D eigenvalue weighted by atomic mass is 10.2. The van der Waals surface area contributed by atoms with Crippen molar-refractivity contribution < 1.29 is 9.59 Å². The summed E-state index contributed by atoms with van der Waals surface area (Å²) in [5.41, 5.74) is 6.32. The van der Waals surface area contributed by atoms with Crippen LogP contribution in [0.15, 0.2) is 48.5 Å². The molecule has 4 nitrogen and oxygen atoms in total. The van der Waals surface area contributed by atoms with Gasteiger partial charge in [-0.2, -0.15) is 0 Å². The molecule has 2 rings (SSSR count). The van der Waals surface area contributed by atoms with Gasteiger partial charge in [0, 0.05) is 22.9 Å². The van der Waals surface area contributed by atoms with E-state index in [9.17, 15) is 9.59 Å². The summed E-state index contributed by atoms with van der Waals surface area (Å²) >= 11 is 12.0. The average Bonchev–Trinajstić information content (AvgIpc) is 2.45. The molecule has 6 heteroatoms. The van der Waals surface area contributed by atoms with E-state index in [1.807, 2.05) is 0 Å². The van der Waals surface area contributed by atoms with E-state index >= 15 is 0 Å². The van der Waals surface area contributed by atoms with E-state index in [1.54, 1.807) is 48.5 Å². The Balaban J connectivity index is 2.40. The monoisotopic (exact) mass is 336 g/mol. The molecule has 0 aromatic heterocycles. The molecule has 2 N–H and O–H groups in total. The van der Waals surface area contributed by atoms with Crippen LogP contribution in [0.3, 0.4) is 0 Å². The van der Waals surface area contributed by atoms with Crippen LogP contribution in [0.2, 0.25) is 10.0 Å². The van der Waals surface area contributed by atoms with Crippen molar-refractivity contribution in [3.05, 3.63) is 58.6 Å². The molecule has 2 aromatic rings. The van der Waals surface area contributed by atoms with E-state index in [-0.39, 0.29) is 18.7 Å². The molecule has 0 aliphatic rings. The Morgan fingerprint density at radius 3 is 1.82 bits per heavy atom. The number of benzene rings is 2. The number of rotatable bonds is 5. The third-order valence-electron chi connectivity index (χ3n) is 2.97. The molecule has 2 aromatic carbocycles. The fraction of sp³-hybridized carbons (Fsp3) is 0.125. The topological polar surface area (TPSA) is 63.4 Å². The minimum absolute atomic E-state index is 0.00829. The van der Waals surface area contributed by atoms with Gasteiger partial charge in [-0.15, -0.1) is 0 Å². The molecule has 0 aliphatic carbocycles. The molecular formula is C16H14Cl2N2O2. The number of amides is 2. The number of primary amides is 1. The van der Waals surface area contributed by atoms with Crippen LogP contribution in [0, 0.1) is 0 Å². The van der Waals surface area contributed by atoms with Crippen LogP contribution in [0.25, 0.3) is 0 Å². The minimum Gasteiger partial charge on any atom is -0.370 e. The molecule has 0 saturated heterocycles. The Kier molecular flexibility index (Phi) is 5.41. The zero-order chi connectivity index (χ0) is 16.1. The Bertz CT molecular complexity index is 659. The SMILES string of the molecule is NC(=O)CCC(=O)N(c1cccc(Cl)c1)c1cccc(Cl)c1. The molecule has 0 bridgehead atoms. The van der Waals surface area contributed by atoms with E-state index in [2.05, 4.69) is 0 Å². The summed E-state index contributed by atoms with van der Waals surface area (Å²) in [6, 6.07) is 13.8. The molecule has 0 saturated carbocycles. The summed E-state index contributed by atoms with van der Waals surface area (Å²) in [5, 5.41) is 1.01. The minimum atomic E-state index is -0.523. The number of hydrogen-bond acceptors (Lipinski definition) is 2. The maximum atomic E-state index is 12.5. The zero-order valence-electron chi connectivity index (χ0n) is 11.6. The van der Waals surface area contributed by atoms with Crippen LogP contribution >= 0.6 is 23.2 Å². The van der Waals surface area contributed by atoms with Gasteiger partial charge in [-0.1, -0.05) is 35.3 Å². The van der Waals surface area contributed by atoms with Crippen LogP contribution in [0.5, 0.6) is 0 Å². The number of hydrogen-bond donors (Lipinski definition) is 1. The van der Waals surface area contributed by atoms with Gasteiger partial charge in [0.25, 0.3) is 0 Å². The number of carbonyl (C=O) groups excluding carboxylic acids is 2. The standard InChI is InChI=1S/C16H14Cl2N2O2/c17-11-3-1-5-13(9-11)20(16(22)8-7-15(19)21)14-6-2-4-12(18)10-14/h1-6,9-10H,7-8H2,(H2,19,21). The maximum Gasteiger partial charge on any atom is 0.232 e. The highest BCUT2D eigenvalue weighted by molar-refractivity contribution is 6.31. The summed E-state index contributed by atoms with van der Waals surface area (Å²) in [4.78, 5) is 24.9. The van der Waals surface area contributed by atoms with Crippen LogP contribution in [-0.2, 0) is 9.59 Å². The Hall–Kier alpha value is -2.04. The van der Waals surface area contributed by atoms with Crippen molar-refractivity contribution >= 4 is 46.4 Å². The van der Waals surface area contributed by atoms with Gasteiger partial charge >= 0.3 is 0 Å². The molecule has 22 heavy (non-hydrogen) atoms. The largest absolute Gasteiger partial charge is 0.370 e. The van der Waals surface area contributed by atoms with Gasteiger partial charge in [-0.3, -0.25) is 14.5 Å². The van der Waals surface area contributed by atoms with Gasteiger partial charge in [-0.25, -0.2) is 0 Å². The fourth-order valence-corrected chi connectivity index (χ4v) is 2.38. The second-order valence-electron chi connectivity index (χ2n) is 4.66. The van der Waals surface area contributed by atoms with Crippen molar-refractivity contribution in [1.29, 1.82) is 0 Å². The molecular weight excluding hydrogens is 323 g/mol. The van der Waals surface area contributed by atoms with Crippen LogP contribution in [0.1, 0.15) is 12.8 Å². The lowest BCUT2D eigenvalue weighted by Gasteiger charge is -2.23. The fourth-order valence-electron chi connectivity index (χ4n) is 2.01. The van der Waals surface area contributed by atoms with E-state index in [0.717, 1.165) is 0 Å². The highest BCUT2D eigenvalue weighted by atomic mass is 35.5. The Morgan fingerprint density at radius 2 is 1.41 bits per heavy atom. The first-order valence-electron chi connectivity index (χ1n) is 6.60. The Labute approximate surface area is 138 Å². The molecule has 0 atom stereocenters. The lowest BCUT2D eigenvalue weighted by Crippen LogP contribution is -2.27. The molecule has 114 valence electrons. The molecule has 0 spiro atoms. The third kappa shape index (κ3) is 4.23. The second-order valence-corrected chi connectivity index (χ2v) is 5.53. The molecule has 0 aliphatic heterocycles. The average molecular weight is 337 g/mol. The van der Waals surface area contributed by atoms with Crippen molar-refractivity contribution in [2.24, 2.45) is 5.73 Å². The van der Waals surface area contributed by atoms with Crippen molar-refractivity contribution in [2.75, 3.05) is 4.90 Å². The highest BCUT2D eigenvalue weighted by Crippen LogP contribution is 2.30. The van der Waals surface area contributed by atoms with E-state index in [0.29, 0.717) is 21.4 Å². The van der Waals surface area contributed by atoms with Gasteiger partial charge in [0.05, 0.1) is 11.4 Å². The number of nitrogens with two attached hydrogens (primary N) is 1. The van der Waals surface area contributed by atoms with Gasteiger partial charge in [0.1, 0.15) is 0 Å². The van der Waals surface area contributed by atoms with Crippen LogP contribution in [0.4, 0.5) is 11.4 Å². The van der Waals surface area contributed by atoms with Crippen LogP contribution in [-0.4, -0.2) is 11.8 Å². The first-order chi connectivity index (χ1) is 10.5. The number of halogens is 2. The first-order valence-corrected chi connectivity index (χ1v) is 7.35. The zero-order valence-corrected chi connectivity index (χ0v) is 13.1. The summed E-state index contributed by atoms with van der Waals surface area (Å²) in [5.74, 6) is -0.783. The molecule has 0 radical (unpaired) electrons. The normalized spacial score (nSPS) is 10.3. The summed E-state index contributed by atoms with van der Waals surface area (Å²) in [6.07, 6.45) is -0.00910. The molecule has 0 unspecified atom stereocenters. The van der Waals surface area contributed by atoms with E-state index in [1.165, 1.54) is 4.90 Å². The number of carbonyl (C=O) groups is 2. The van der Waals surface area contributed by atoms with Gasteiger partial charge < -0.3 is 5.73 Å². The Morgan fingerprint density at radius 1 is 0.909 bits per heavy atom. The predicted molar refractivity (Wildman–Crippen MR) is 88.5 cm³/mol. The first kappa shape index (κ1) is 16.3. The van der Waals surface area contributed by atoms with Gasteiger partial charge in [0.2, 0.25) is 11.8 Å². The quantitative estimate of drug-likeness (QED) is 0.899. The lowest BCUT2D eigenvalue weighted by molar-refractivity contribution is -0.123. The summed E-state index contributed by atoms with van der Waals surface area (Å²) in [6.45, 7) is 0. The van der Waals surface area contributed by atoms with Gasteiger partial charge in [0.15, 0.2) is 0 Å². The van der Waals surface area contributed by atoms with Gasteiger partial charge in [-0.05, 0) is 36.4 Å². The van der Waals surface area contributed by atoms with Crippen molar-refractivity contribution in [3.8, 4) is 0 Å². The molecule has 2 amide bonds. The predicted octanol–water partition coefficient (Wildman–Crippen LogP) is 3.92. The van der Waals surface area contributed by atoms with Crippen LogP contribution < -0.4 is 10.6 Å². The maximum absolute atomic E-state index is 12.5. The smallest absolute Gasteiger partial charge is 0.232 e. The number of nitrogens with zero attached hydrogens (tertiary/aromatic N) is 1. The summed E-state index contributed by atoms with van der Waals surface area (Å²) in [7, 11) is 0. The van der Waals surface area contributed by atoms with Crippen molar-refractivity contribution in [1.82, 2.24) is 0 Å². The summed E-state index contributed by atoms with van der Waals surface area (Å²) < 4.78 is 0. The van der Waals surface area contributed by atoms with E-state index < -0.39 is 5.91 Å². The highest BCUT2D eigenvalue weighted by Gasteiger charge is 2.19. The third-order valence-corrected chi connectivity index (χ3v) is 3.44.